The zero-order valence-electron chi connectivity index (χ0n) is 10.2. The fourth-order valence-corrected chi connectivity index (χ4v) is 1.33. The van der Waals surface area contributed by atoms with Crippen molar-refractivity contribution in [1.29, 1.82) is 0 Å². The molecular weight excluding hydrogens is 234 g/mol. The number of carboxylic acid groups (broad SMARTS) is 1. The summed E-state index contributed by atoms with van der Waals surface area (Å²) in [7, 11) is 0. The first-order valence-electron chi connectivity index (χ1n) is 5.46. The lowest BCUT2D eigenvalue weighted by atomic mass is 10.2. The minimum Gasteiger partial charge on any atom is -0.543 e. The lowest BCUT2D eigenvalue weighted by molar-refractivity contribution is -0.299. The Morgan fingerprint density at radius 1 is 1.33 bits per heavy atom. The van der Waals surface area contributed by atoms with Crippen LogP contribution in [0.3, 0.4) is 0 Å². The van der Waals surface area contributed by atoms with Gasteiger partial charge in [-0.25, -0.2) is 0 Å². The Kier molecular flexibility index (Phi) is 4.92. The van der Waals surface area contributed by atoms with Crippen LogP contribution in [0.2, 0.25) is 0 Å². The fraction of sp³-hybridized carbons (Fsp3) is 0.231. The molecule has 5 heteroatoms. The van der Waals surface area contributed by atoms with Gasteiger partial charge in [0, 0.05) is 6.92 Å². The van der Waals surface area contributed by atoms with Crippen LogP contribution < -0.4 is 15.2 Å². The molecule has 5 nitrogen and oxygen atoms in total. The first kappa shape index (κ1) is 13.8. The van der Waals surface area contributed by atoms with Crippen molar-refractivity contribution < 1.29 is 19.4 Å². The highest BCUT2D eigenvalue weighted by Crippen LogP contribution is 2.13. The van der Waals surface area contributed by atoms with Crippen LogP contribution in [-0.2, 0) is 9.59 Å². The van der Waals surface area contributed by atoms with Gasteiger partial charge < -0.3 is 20.0 Å². The number of carbonyl (C=O) groups excluding carboxylic acids is 2. The number of amides is 1. The van der Waals surface area contributed by atoms with Gasteiger partial charge in [0.1, 0.15) is 5.75 Å². The highest BCUT2D eigenvalue weighted by Gasteiger charge is 2.01. The van der Waals surface area contributed by atoms with Crippen molar-refractivity contribution in [3.63, 3.8) is 0 Å². The molecule has 0 heterocycles. The second-order valence-electron chi connectivity index (χ2n) is 3.53. The quantitative estimate of drug-likeness (QED) is 0.761. The van der Waals surface area contributed by atoms with Gasteiger partial charge in [-0.05, 0) is 30.7 Å². The van der Waals surface area contributed by atoms with E-state index in [1.807, 2.05) is 6.92 Å². The van der Waals surface area contributed by atoms with Gasteiger partial charge in [0.25, 0.3) is 0 Å². The number of hydrogen-bond acceptors (Lipinski definition) is 4. The van der Waals surface area contributed by atoms with Crippen LogP contribution in [0.1, 0.15) is 19.4 Å². The fourth-order valence-electron chi connectivity index (χ4n) is 1.33. The van der Waals surface area contributed by atoms with Crippen LogP contribution in [0.15, 0.2) is 30.0 Å². The van der Waals surface area contributed by atoms with E-state index in [4.69, 9.17) is 4.74 Å². The molecule has 0 aromatic heterocycles. The van der Waals surface area contributed by atoms with Gasteiger partial charge in [0.05, 0.1) is 18.3 Å². The summed E-state index contributed by atoms with van der Waals surface area (Å²) >= 11 is 0. The lowest BCUT2D eigenvalue weighted by Gasteiger charge is -2.09. The molecule has 0 saturated heterocycles. The van der Waals surface area contributed by atoms with E-state index < -0.39 is 11.9 Å². The van der Waals surface area contributed by atoms with Crippen molar-refractivity contribution in [2.75, 3.05) is 6.61 Å². The Bertz CT molecular complexity index is 462. The second-order valence-corrected chi connectivity index (χ2v) is 3.53. The SMILES string of the molecule is CCOc1ccc(C=C(NC(C)=O)C(=O)[O-])cc1. The number of carboxylic acids is 1. The monoisotopic (exact) mass is 248 g/mol. The van der Waals surface area contributed by atoms with E-state index in [0.29, 0.717) is 17.9 Å². The molecule has 1 aromatic rings. The third-order valence-electron chi connectivity index (χ3n) is 2.03. The van der Waals surface area contributed by atoms with Crippen LogP contribution in [-0.4, -0.2) is 18.5 Å². The van der Waals surface area contributed by atoms with Crippen molar-refractivity contribution in [3.8, 4) is 5.75 Å². The molecular formula is C13H14NO4-. The van der Waals surface area contributed by atoms with Crippen LogP contribution in [0, 0.1) is 0 Å². The summed E-state index contributed by atoms with van der Waals surface area (Å²) in [6.07, 6.45) is 1.33. The molecule has 0 fully saturated rings. The van der Waals surface area contributed by atoms with E-state index in [2.05, 4.69) is 5.32 Å². The Morgan fingerprint density at radius 2 is 1.94 bits per heavy atom. The van der Waals surface area contributed by atoms with Gasteiger partial charge in [-0.3, -0.25) is 4.79 Å². The maximum atomic E-state index is 10.8. The first-order chi connectivity index (χ1) is 8.52. The summed E-state index contributed by atoms with van der Waals surface area (Å²) in [4.78, 5) is 21.6. The van der Waals surface area contributed by atoms with Gasteiger partial charge in [0.2, 0.25) is 5.91 Å². The minimum absolute atomic E-state index is 0.272. The second kappa shape index (κ2) is 6.44. The zero-order valence-corrected chi connectivity index (χ0v) is 10.2. The third-order valence-corrected chi connectivity index (χ3v) is 2.03. The molecule has 0 radical (unpaired) electrons. The molecule has 0 aliphatic rings. The zero-order chi connectivity index (χ0) is 13.5. The molecule has 1 aromatic carbocycles. The first-order valence-corrected chi connectivity index (χ1v) is 5.46. The van der Waals surface area contributed by atoms with Crippen molar-refractivity contribution in [2.24, 2.45) is 0 Å². The molecule has 18 heavy (non-hydrogen) atoms. The van der Waals surface area contributed by atoms with E-state index >= 15 is 0 Å². The molecule has 1 rings (SSSR count). The smallest absolute Gasteiger partial charge is 0.221 e. The van der Waals surface area contributed by atoms with Crippen molar-refractivity contribution in [3.05, 3.63) is 35.5 Å². The Balaban J connectivity index is 2.90. The number of carbonyl (C=O) groups is 2. The number of nitrogens with one attached hydrogen (secondary N) is 1. The summed E-state index contributed by atoms with van der Waals surface area (Å²) < 4.78 is 5.26. The summed E-state index contributed by atoms with van der Waals surface area (Å²) in [5.41, 5.74) is 0.359. The van der Waals surface area contributed by atoms with E-state index in [1.54, 1.807) is 24.3 Å². The van der Waals surface area contributed by atoms with Gasteiger partial charge in [0.15, 0.2) is 0 Å². The van der Waals surface area contributed by atoms with E-state index in [9.17, 15) is 14.7 Å². The van der Waals surface area contributed by atoms with Crippen molar-refractivity contribution in [1.82, 2.24) is 5.32 Å². The molecule has 0 atom stereocenters. The van der Waals surface area contributed by atoms with E-state index in [0.717, 1.165) is 0 Å². The number of ether oxygens (including phenoxy) is 1. The molecule has 0 saturated carbocycles. The topological polar surface area (TPSA) is 78.5 Å². The summed E-state index contributed by atoms with van der Waals surface area (Å²) in [5.74, 6) is -1.19. The predicted molar refractivity (Wildman–Crippen MR) is 64.4 cm³/mol. The summed E-state index contributed by atoms with van der Waals surface area (Å²) in [6, 6.07) is 6.82. The Hall–Kier alpha value is -2.30. The highest BCUT2D eigenvalue weighted by molar-refractivity contribution is 5.95. The van der Waals surface area contributed by atoms with Crippen LogP contribution >= 0.6 is 0 Å². The molecule has 1 amide bonds. The van der Waals surface area contributed by atoms with Crippen molar-refractivity contribution >= 4 is 18.0 Å². The largest absolute Gasteiger partial charge is 0.543 e. The molecule has 0 aliphatic carbocycles. The maximum Gasteiger partial charge on any atom is 0.221 e. The van der Waals surface area contributed by atoms with Crippen LogP contribution in [0.25, 0.3) is 6.08 Å². The normalized spacial score (nSPS) is 10.9. The maximum absolute atomic E-state index is 10.8. The number of benzene rings is 1. The highest BCUT2D eigenvalue weighted by atomic mass is 16.5. The van der Waals surface area contributed by atoms with Gasteiger partial charge in [-0.2, -0.15) is 0 Å². The molecule has 0 aliphatic heterocycles. The van der Waals surface area contributed by atoms with E-state index in [-0.39, 0.29) is 5.70 Å². The molecule has 0 bridgehead atoms. The Labute approximate surface area is 105 Å². The predicted octanol–water partition coefficient (Wildman–Crippen LogP) is 0.312. The number of aliphatic carboxylic acids is 1. The van der Waals surface area contributed by atoms with Crippen LogP contribution in [0.4, 0.5) is 0 Å². The molecule has 96 valence electrons. The summed E-state index contributed by atoms with van der Waals surface area (Å²) in [6.45, 7) is 3.67. The van der Waals surface area contributed by atoms with Crippen molar-refractivity contribution in [2.45, 2.75) is 13.8 Å². The minimum atomic E-state index is -1.43. The van der Waals surface area contributed by atoms with E-state index in [1.165, 1.54) is 13.0 Å². The average molecular weight is 248 g/mol. The van der Waals surface area contributed by atoms with Gasteiger partial charge in [-0.15, -0.1) is 0 Å². The molecule has 0 unspecified atom stereocenters. The Morgan fingerprint density at radius 3 is 2.39 bits per heavy atom. The van der Waals surface area contributed by atoms with Gasteiger partial charge in [-0.1, -0.05) is 12.1 Å². The lowest BCUT2D eigenvalue weighted by Crippen LogP contribution is -2.34. The van der Waals surface area contributed by atoms with Gasteiger partial charge >= 0.3 is 0 Å². The third kappa shape index (κ3) is 4.29. The standard InChI is InChI=1S/C13H15NO4/c1-3-18-11-6-4-10(5-7-11)8-12(13(16)17)14-9(2)15/h4-8H,3H2,1-2H3,(H,14,15)(H,16,17)/p-1. The number of hydrogen-bond donors (Lipinski definition) is 1. The number of rotatable bonds is 5. The molecule has 0 spiro atoms. The average Bonchev–Trinajstić information content (AvgIpc) is 2.30. The molecule has 1 N–H and O–H groups in total. The summed E-state index contributed by atoms with van der Waals surface area (Å²) in [5, 5.41) is 13.0. The van der Waals surface area contributed by atoms with Crippen LogP contribution in [0.5, 0.6) is 5.75 Å².